The van der Waals surface area contributed by atoms with E-state index in [0.29, 0.717) is 6.10 Å². The Hall–Kier alpha value is -0.570. The summed E-state index contributed by atoms with van der Waals surface area (Å²) in [6, 6.07) is 0. The molecule has 0 aromatic heterocycles. The minimum atomic E-state index is -0.307. The monoisotopic (exact) mass is 348 g/mol. The van der Waals surface area contributed by atoms with Crippen LogP contribution in [0.5, 0.6) is 0 Å². The van der Waals surface area contributed by atoms with E-state index < -0.39 is 0 Å². The van der Waals surface area contributed by atoms with Crippen LogP contribution < -0.4 is 0 Å². The lowest BCUT2D eigenvalue weighted by molar-refractivity contribution is -0.192. The lowest BCUT2D eigenvalue weighted by atomic mass is 9.55. The molecule has 1 unspecified atom stereocenters. The van der Waals surface area contributed by atoms with Crippen molar-refractivity contribution in [2.75, 3.05) is 6.79 Å². The molecule has 0 aromatic rings. The zero-order valence-corrected chi connectivity index (χ0v) is 16.8. The van der Waals surface area contributed by atoms with Gasteiger partial charge in [-0.2, -0.15) is 0 Å². The van der Waals surface area contributed by atoms with E-state index in [0.717, 1.165) is 36.5 Å². The van der Waals surface area contributed by atoms with Crippen LogP contribution in [0, 0.1) is 39.9 Å². The largest absolute Gasteiger partial charge is 0.438 e. The van der Waals surface area contributed by atoms with Crippen LogP contribution in [-0.2, 0) is 14.3 Å². The summed E-state index contributed by atoms with van der Waals surface area (Å²) in [5.41, 5.74) is -0.117. The average Bonchev–Trinajstić information content (AvgIpc) is 3.01. The van der Waals surface area contributed by atoms with Crippen LogP contribution in [0.4, 0.5) is 0 Å². The van der Waals surface area contributed by atoms with Crippen molar-refractivity contribution >= 4 is 5.97 Å². The summed E-state index contributed by atoms with van der Waals surface area (Å²) in [4.78, 5) is 12.9. The highest BCUT2D eigenvalue weighted by Crippen LogP contribution is 2.68. The van der Waals surface area contributed by atoms with Crippen LogP contribution in [0.25, 0.3) is 0 Å². The maximum absolute atomic E-state index is 12.9. The standard InChI is InChI=1S/C22H36O3/c1-20(2,3)11-22(12-21(22,4)5)19(23)25-13-24-18-16-7-14-6-15(9-16)10-17(18)8-14/h14-18H,6-13H2,1-5H3. The van der Waals surface area contributed by atoms with Gasteiger partial charge in [0.25, 0.3) is 0 Å². The third-order valence-electron chi connectivity index (χ3n) is 7.73. The smallest absolute Gasteiger partial charge is 0.314 e. The molecule has 5 rings (SSSR count). The quantitative estimate of drug-likeness (QED) is 0.507. The number of rotatable bonds is 5. The Labute approximate surface area is 153 Å². The van der Waals surface area contributed by atoms with Crippen LogP contribution in [-0.4, -0.2) is 18.9 Å². The maximum Gasteiger partial charge on any atom is 0.314 e. The first-order chi connectivity index (χ1) is 11.6. The molecule has 1 atom stereocenters. The Morgan fingerprint density at radius 1 is 1.00 bits per heavy atom. The first-order valence-electron chi connectivity index (χ1n) is 10.4. The van der Waals surface area contributed by atoms with E-state index in [2.05, 4.69) is 34.6 Å². The summed E-state index contributed by atoms with van der Waals surface area (Å²) < 4.78 is 11.9. The molecule has 25 heavy (non-hydrogen) atoms. The normalized spacial score (nSPS) is 44.0. The van der Waals surface area contributed by atoms with Crippen LogP contribution in [0.3, 0.4) is 0 Å². The Morgan fingerprint density at radius 3 is 1.96 bits per heavy atom. The topological polar surface area (TPSA) is 35.5 Å². The molecule has 5 saturated carbocycles. The molecule has 5 fully saturated rings. The molecule has 0 aromatic carbocycles. The van der Waals surface area contributed by atoms with Gasteiger partial charge in [0.1, 0.15) is 0 Å². The lowest BCUT2D eigenvalue weighted by Gasteiger charge is -2.53. The first-order valence-corrected chi connectivity index (χ1v) is 10.4. The second-order valence-electron chi connectivity index (χ2n) is 11.5. The molecule has 0 aliphatic heterocycles. The third-order valence-corrected chi connectivity index (χ3v) is 7.73. The summed E-state index contributed by atoms with van der Waals surface area (Å²) in [5, 5.41) is 0. The minimum Gasteiger partial charge on any atom is -0.438 e. The summed E-state index contributed by atoms with van der Waals surface area (Å²) in [7, 11) is 0. The van der Waals surface area contributed by atoms with Crippen molar-refractivity contribution in [3.05, 3.63) is 0 Å². The fourth-order valence-corrected chi connectivity index (χ4v) is 6.79. The minimum absolute atomic E-state index is 0.0313. The molecule has 142 valence electrons. The van der Waals surface area contributed by atoms with E-state index >= 15 is 0 Å². The Morgan fingerprint density at radius 2 is 1.52 bits per heavy atom. The van der Waals surface area contributed by atoms with E-state index in [9.17, 15) is 4.79 Å². The van der Waals surface area contributed by atoms with Gasteiger partial charge in [-0.15, -0.1) is 0 Å². The second kappa shape index (κ2) is 5.71. The third kappa shape index (κ3) is 3.15. The summed E-state index contributed by atoms with van der Waals surface area (Å²) in [6.07, 6.45) is 8.99. The zero-order valence-electron chi connectivity index (χ0n) is 16.8. The van der Waals surface area contributed by atoms with Gasteiger partial charge in [-0.05, 0) is 79.4 Å². The van der Waals surface area contributed by atoms with E-state index in [1.54, 1.807) is 0 Å². The molecule has 0 saturated heterocycles. The number of hydrogen-bond acceptors (Lipinski definition) is 3. The molecule has 5 aliphatic carbocycles. The molecule has 3 heteroatoms. The molecule has 4 bridgehead atoms. The molecule has 0 radical (unpaired) electrons. The van der Waals surface area contributed by atoms with Gasteiger partial charge in [-0.1, -0.05) is 34.6 Å². The van der Waals surface area contributed by atoms with Gasteiger partial charge in [0.15, 0.2) is 6.79 Å². The highest BCUT2D eigenvalue weighted by Gasteiger charge is 2.68. The van der Waals surface area contributed by atoms with E-state index in [4.69, 9.17) is 9.47 Å². The van der Waals surface area contributed by atoms with Gasteiger partial charge in [-0.25, -0.2) is 0 Å². The van der Waals surface area contributed by atoms with Crippen LogP contribution in [0.15, 0.2) is 0 Å². The number of hydrogen-bond donors (Lipinski definition) is 0. The Balaban J connectivity index is 1.32. The predicted molar refractivity (Wildman–Crippen MR) is 97.8 cm³/mol. The van der Waals surface area contributed by atoms with Crippen molar-refractivity contribution in [1.82, 2.24) is 0 Å². The fraction of sp³-hybridized carbons (Fsp3) is 0.955. The summed E-state index contributed by atoms with van der Waals surface area (Å²) in [5.74, 6) is 3.31. The van der Waals surface area contributed by atoms with Crippen molar-refractivity contribution < 1.29 is 14.3 Å². The number of esters is 1. The van der Waals surface area contributed by atoms with Crippen LogP contribution in [0.1, 0.15) is 79.6 Å². The van der Waals surface area contributed by atoms with Crippen molar-refractivity contribution in [2.45, 2.75) is 85.7 Å². The maximum atomic E-state index is 12.9. The first kappa shape index (κ1) is 17.8. The molecule has 5 aliphatic rings. The van der Waals surface area contributed by atoms with Gasteiger partial charge in [-0.3, -0.25) is 4.79 Å². The van der Waals surface area contributed by atoms with Crippen LogP contribution >= 0.6 is 0 Å². The molecule has 0 heterocycles. The molecule has 0 N–H and O–H groups in total. The average molecular weight is 349 g/mol. The van der Waals surface area contributed by atoms with Gasteiger partial charge >= 0.3 is 5.97 Å². The van der Waals surface area contributed by atoms with Crippen molar-refractivity contribution in [2.24, 2.45) is 39.9 Å². The fourth-order valence-electron chi connectivity index (χ4n) is 6.79. The predicted octanol–water partition coefficient (Wildman–Crippen LogP) is 5.18. The van der Waals surface area contributed by atoms with E-state index in [1.807, 2.05) is 0 Å². The number of carbonyl (C=O) groups is 1. The second-order valence-corrected chi connectivity index (χ2v) is 11.5. The lowest BCUT2D eigenvalue weighted by Crippen LogP contribution is -2.49. The van der Waals surface area contributed by atoms with E-state index in [1.165, 1.54) is 32.1 Å². The number of carbonyl (C=O) groups excluding carboxylic acids is 1. The Kier molecular flexibility index (Phi) is 4.07. The summed E-state index contributed by atoms with van der Waals surface area (Å²) in [6.45, 7) is 11.2. The highest BCUT2D eigenvalue weighted by atomic mass is 16.7. The van der Waals surface area contributed by atoms with Gasteiger partial charge in [0.2, 0.25) is 0 Å². The van der Waals surface area contributed by atoms with Crippen molar-refractivity contribution in [3.8, 4) is 0 Å². The summed E-state index contributed by atoms with van der Waals surface area (Å²) >= 11 is 0. The van der Waals surface area contributed by atoms with Crippen LogP contribution in [0.2, 0.25) is 0 Å². The van der Waals surface area contributed by atoms with Gasteiger partial charge in [0, 0.05) is 0 Å². The Bertz CT molecular complexity index is 516. The van der Waals surface area contributed by atoms with Crippen molar-refractivity contribution in [1.29, 1.82) is 0 Å². The SMILES string of the molecule is CC(C)(C)CC1(C(=O)OCOC2C3CC4CC(C3)CC2C4)CC1(C)C. The molecule has 0 spiro atoms. The van der Waals surface area contributed by atoms with Gasteiger partial charge < -0.3 is 9.47 Å². The molecule has 0 amide bonds. The van der Waals surface area contributed by atoms with Crippen molar-refractivity contribution in [3.63, 3.8) is 0 Å². The molecular formula is C22H36O3. The molecule has 3 nitrogen and oxygen atoms in total. The molecular weight excluding hydrogens is 312 g/mol. The zero-order chi connectivity index (χ0) is 18.0. The highest BCUT2D eigenvalue weighted by molar-refractivity contribution is 5.81. The van der Waals surface area contributed by atoms with E-state index in [-0.39, 0.29) is 29.0 Å². The number of ether oxygens (including phenoxy) is 2. The van der Waals surface area contributed by atoms with Gasteiger partial charge in [0.05, 0.1) is 11.5 Å².